The fourth-order valence-corrected chi connectivity index (χ4v) is 1.65. The lowest BCUT2D eigenvalue weighted by Crippen LogP contribution is -2.38. The van der Waals surface area contributed by atoms with Crippen molar-refractivity contribution in [2.45, 2.75) is 19.8 Å². The van der Waals surface area contributed by atoms with Crippen molar-refractivity contribution in [2.75, 3.05) is 39.9 Å². The van der Waals surface area contributed by atoms with Crippen LogP contribution < -0.4 is 5.32 Å². The van der Waals surface area contributed by atoms with Crippen molar-refractivity contribution in [3.8, 4) is 0 Å². The van der Waals surface area contributed by atoms with E-state index in [0.717, 1.165) is 39.1 Å². The normalized spacial score (nSPS) is 17.7. The lowest BCUT2D eigenvalue weighted by molar-refractivity contribution is -0.128. The smallest absolute Gasteiger partial charge is 0.236 e. The van der Waals surface area contributed by atoms with Gasteiger partial charge < -0.3 is 15.0 Å². The first-order valence-corrected chi connectivity index (χ1v) is 5.76. The molecule has 15 heavy (non-hydrogen) atoms. The average Bonchev–Trinajstić information content (AvgIpc) is 2.29. The first-order valence-electron chi connectivity index (χ1n) is 5.76. The molecule has 1 heterocycles. The molecule has 4 nitrogen and oxygen atoms in total. The van der Waals surface area contributed by atoms with Crippen LogP contribution in [0.5, 0.6) is 0 Å². The van der Waals surface area contributed by atoms with E-state index in [0.29, 0.717) is 12.5 Å². The van der Waals surface area contributed by atoms with E-state index < -0.39 is 0 Å². The summed E-state index contributed by atoms with van der Waals surface area (Å²) in [7, 11) is 1.83. The van der Waals surface area contributed by atoms with E-state index in [1.54, 1.807) is 4.90 Å². The zero-order valence-corrected chi connectivity index (χ0v) is 9.79. The van der Waals surface area contributed by atoms with Gasteiger partial charge in [-0.1, -0.05) is 0 Å². The lowest BCUT2D eigenvalue weighted by Gasteiger charge is -2.22. The lowest BCUT2D eigenvalue weighted by atomic mass is 10.0. The minimum absolute atomic E-state index is 0.171. The Balaban J connectivity index is 2.07. The summed E-state index contributed by atoms with van der Waals surface area (Å²) >= 11 is 0. The van der Waals surface area contributed by atoms with Crippen LogP contribution in [-0.4, -0.2) is 50.7 Å². The molecular formula is C11H22N2O2. The number of amides is 1. The van der Waals surface area contributed by atoms with Crippen LogP contribution in [0, 0.1) is 5.92 Å². The first kappa shape index (κ1) is 12.5. The Hall–Kier alpha value is -0.610. The number of rotatable bonds is 5. The fourth-order valence-electron chi connectivity index (χ4n) is 1.65. The van der Waals surface area contributed by atoms with Gasteiger partial charge in [0, 0.05) is 26.8 Å². The average molecular weight is 214 g/mol. The van der Waals surface area contributed by atoms with Crippen LogP contribution in [-0.2, 0) is 9.53 Å². The predicted molar refractivity (Wildman–Crippen MR) is 59.7 cm³/mol. The second kappa shape index (κ2) is 6.80. The number of likely N-dealkylation sites (N-methyl/N-ethyl adjacent to an activating group) is 1. The van der Waals surface area contributed by atoms with Crippen molar-refractivity contribution in [1.29, 1.82) is 0 Å². The summed E-state index contributed by atoms with van der Waals surface area (Å²) in [6, 6.07) is 0. The van der Waals surface area contributed by atoms with Gasteiger partial charge in [0.2, 0.25) is 5.91 Å². The minimum atomic E-state index is 0.171. The second-order valence-electron chi connectivity index (χ2n) is 4.09. The number of nitrogens with zero attached hydrogens (tertiary/aromatic N) is 1. The van der Waals surface area contributed by atoms with Gasteiger partial charge in [-0.25, -0.2) is 0 Å². The molecule has 0 spiro atoms. The molecule has 1 saturated heterocycles. The van der Waals surface area contributed by atoms with E-state index in [2.05, 4.69) is 5.32 Å². The molecule has 0 bridgehead atoms. The number of carbonyl (C=O) groups excluding carboxylic acids is 1. The fraction of sp³-hybridized carbons (Fsp3) is 0.909. The van der Waals surface area contributed by atoms with E-state index in [-0.39, 0.29) is 5.91 Å². The standard InChI is InChI=1S/C11H22N2O2/c1-3-13(2)11(14)9-12-8-10-4-6-15-7-5-10/h10,12H,3-9H2,1-2H3. The maximum Gasteiger partial charge on any atom is 0.236 e. The summed E-state index contributed by atoms with van der Waals surface area (Å²) in [4.78, 5) is 13.2. The van der Waals surface area contributed by atoms with Crippen LogP contribution in [0.1, 0.15) is 19.8 Å². The van der Waals surface area contributed by atoms with E-state index in [4.69, 9.17) is 4.74 Å². The Labute approximate surface area is 92.0 Å². The monoisotopic (exact) mass is 214 g/mol. The van der Waals surface area contributed by atoms with Gasteiger partial charge in [-0.05, 0) is 32.2 Å². The largest absolute Gasteiger partial charge is 0.381 e. The SMILES string of the molecule is CCN(C)C(=O)CNCC1CCOCC1. The molecule has 0 aromatic carbocycles. The Bertz CT molecular complexity index is 191. The summed E-state index contributed by atoms with van der Waals surface area (Å²) in [5.74, 6) is 0.850. The molecule has 0 aromatic heterocycles. The summed E-state index contributed by atoms with van der Waals surface area (Å²) in [5.41, 5.74) is 0. The van der Waals surface area contributed by atoms with Crippen molar-refractivity contribution in [3.63, 3.8) is 0 Å². The van der Waals surface area contributed by atoms with Crippen molar-refractivity contribution in [3.05, 3.63) is 0 Å². The van der Waals surface area contributed by atoms with Crippen LogP contribution in [0.3, 0.4) is 0 Å². The molecule has 4 heteroatoms. The van der Waals surface area contributed by atoms with Crippen molar-refractivity contribution < 1.29 is 9.53 Å². The van der Waals surface area contributed by atoms with Crippen molar-refractivity contribution in [1.82, 2.24) is 10.2 Å². The molecule has 88 valence electrons. The van der Waals surface area contributed by atoms with Gasteiger partial charge >= 0.3 is 0 Å². The number of ether oxygens (including phenoxy) is 1. The highest BCUT2D eigenvalue weighted by Crippen LogP contribution is 2.12. The van der Waals surface area contributed by atoms with Gasteiger partial charge in [-0.2, -0.15) is 0 Å². The zero-order chi connectivity index (χ0) is 11.1. The van der Waals surface area contributed by atoms with Gasteiger partial charge in [-0.3, -0.25) is 4.79 Å². The molecule has 1 N–H and O–H groups in total. The number of carbonyl (C=O) groups is 1. The van der Waals surface area contributed by atoms with Gasteiger partial charge in [0.05, 0.1) is 6.54 Å². The van der Waals surface area contributed by atoms with Gasteiger partial charge in [0.25, 0.3) is 0 Å². The van der Waals surface area contributed by atoms with Crippen LogP contribution in [0.15, 0.2) is 0 Å². The summed E-state index contributed by atoms with van der Waals surface area (Å²) < 4.78 is 5.28. The van der Waals surface area contributed by atoms with Gasteiger partial charge in [0.15, 0.2) is 0 Å². The van der Waals surface area contributed by atoms with Crippen LogP contribution in [0.25, 0.3) is 0 Å². The van der Waals surface area contributed by atoms with Crippen LogP contribution in [0.4, 0.5) is 0 Å². The van der Waals surface area contributed by atoms with E-state index in [1.165, 1.54) is 0 Å². The molecule has 0 radical (unpaired) electrons. The summed E-state index contributed by atoms with van der Waals surface area (Å²) in [5, 5.41) is 3.22. The highest BCUT2D eigenvalue weighted by atomic mass is 16.5. The Morgan fingerprint density at radius 1 is 1.47 bits per heavy atom. The molecule has 0 aromatic rings. The van der Waals surface area contributed by atoms with Gasteiger partial charge in [0.1, 0.15) is 0 Å². The molecular weight excluding hydrogens is 192 g/mol. The third-order valence-corrected chi connectivity index (χ3v) is 2.95. The third kappa shape index (κ3) is 4.62. The molecule has 0 atom stereocenters. The number of hydrogen-bond donors (Lipinski definition) is 1. The molecule has 1 amide bonds. The molecule has 1 rings (SSSR count). The minimum Gasteiger partial charge on any atom is -0.381 e. The van der Waals surface area contributed by atoms with E-state index in [9.17, 15) is 4.79 Å². The van der Waals surface area contributed by atoms with Crippen molar-refractivity contribution in [2.24, 2.45) is 5.92 Å². The van der Waals surface area contributed by atoms with Crippen molar-refractivity contribution >= 4 is 5.91 Å². The molecule has 1 aliphatic heterocycles. The molecule has 1 aliphatic rings. The maximum atomic E-state index is 11.5. The Morgan fingerprint density at radius 2 is 2.13 bits per heavy atom. The molecule has 0 unspecified atom stereocenters. The predicted octanol–water partition coefficient (Wildman–Crippen LogP) is 0.481. The third-order valence-electron chi connectivity index (χ3n) is 2.95. The quantitative estimate of drug-likeness (QED) is 0.724. The highest BCUT2D eigenvalue weighted by Gasteiger charge is 2.14. The highest BCUT2D eigenvalue weighted by molar-refractivity contribution is 5.77. The first-order chi connectivity index (χ1) is 7.24. The Kier molecular flexibility index (Phi) is 5.65. The van der Waals surface area contributed by atoms with Crippen LogP contribution >= 0.6 is 0 Å². The molecule has 1 fully saturated rings. The maximum absolute atomic E-state index is 11.5. The van der Waals surface area contributed by atoms with Crippen LogP contribution in [0.2, 0.25) is 0 Å². The van der Waals surface area contributed by atoms with Gasteiger partial charge in [-0.15, -0.1) is 0 Å². The molecule has 0 aliphatic carbocycles. The Morgan fingerprint density at radius 3 is 2.73 bits per heavy atom. The number of hydrogen-bond acceptors (Lipinski definition) is 3. The second-order valence-corrected chi connectivity index (χ2v) is 4.09. The summed E-state index contributed by atoms with van der Waals surface area (Å²) in [6.07, 6.45) is 2.23. The van der Waals surface area contributed by atoms with E-state index in [1.807, 2.05) is 14.0 Å². The molecule has 0 saturated carbocycles. The van der Waals surface area contributed by atoms with E-state index >= 15 is 0 Å². The topological polar surface area (TPSA) is 41.6 Å². The summed E-state index contributed by atoms with van der Waals surface area (Å²) in [6.45, 7) is 5.90. The number of nitrogens with one attached hydrogen (secondary N) is 1. The zero-order valence-electron chi connectivity index (χ0n) is 9.79.